The van der Waals surface area contributed by atoms with Crippen LogP contribution in [0.3, 0.4) is 0 Å². The SMILES string of the molecule is O=Nc1ccc(/C=C/c2nc(NCCCN3CCCC3)c3ccc(F)cc3n2)o1. The Bertz CT molecular complexity index is 1030. The van der Waals surface area contributed by atoms with Crippen molar-refractivity contribution in [2.24, 2.45) is 5.18 Å². The molecule has 0 bridgehead atoms. The van der Waals surface area contributed by atoms with Crippen LogP contribution in [0.25, 0.3) is 23.1 Å². The number of rotatable bonds is 8. The highest BCUT2D eigenvalue weighted by Crippen LogP contribution is 2.23. The molecule has 0 spiro atoms. The van der Waals surface area contributed by atoms with Crippen molar-refractivity contribution in [2.75, 3.05) is 31.5 Å². The van der Waals surface area contributed by atoms with Gasteiger partial charge < -0.3 is 14.6 Å². The number of aromatic nitrogens is 2. The van der Waals surface area contributed by atoms with E-state index in [0.717, 1.165) is 24.9 Å². The Balaban J connectivity index is 1.52. The molecule has 4 rings (SSSR count). The molecular weight excluding hydrogens is 373 g/mol. The summed E-state index contributed by atoms with van der Waals surface area (Å²) in [4.78, 5) is 21.9. The van der Waals surface area contributed by atoms with Gasteiger partial charge in [-0.1, -0.05) is 0 Å². The van der Waals surface area contributed by atoms with Gasteiger partial charge in [0.25, 0.3) is 5.88 Å². The van der Waals surface area contributed by atoms with Crippen molar-refractivity contribution >= 4 is 34.8 Å². The van der Waals surface area contributed by atoms with Crippen LogP contribution in [0.2, 0.25) is 0 Å². The van der Waals surface area contributed by atoms with E-state index in [4.69, 9.17) is 4.42 Å². The van der Waals surface area contributed by atoms with Gasteiger partial charge in [-0.25, -0.2) is 14.4 Å². The van der Waals surface area contributed by atoms with Crippen molar-refractivity contribution in [3.05, 3.63) is 52.6 Å². The van der Waals surface area contributed by atoms with Gasteiger partial charge in [0, 0.05) is 29.2 Å². The van der Waals surface area contributed by atoms with E-state index in [2.05, 4.69) is 25.4 Å². The highest BCUT2D eigenvalue weighted by molar-refractivity contribution is 5.90. The third-order valence-electron chi connectivity index (χ3n) is 4.92. The van der Waals surface area contributed by atoms with E-state index in [0.29, 0.717) is 22.9 Å². The van der Waals surface area contributed by atoms with E-state index in [1.54, 1.807) is 24.3 Å². The molecule has 1 N–H and O–H groups in total. The Labute approximate surface area is 167 Å². The lowest BCUT2D eigenvalue weighted by molar-refractivity contribution is 0.337. The molecular formula is C21H22FN5O2. The maximum Gasteiger partial charge on any atom is 0.260 e. The van der Waals surface area contributed by atoms with Crippen LogP contribution in [0.15, 0.2) is 39.9 Å². The Morgan fingerprint density at radius 1 is 1.17 bits per heavy atom. The Morgan fingerprint density at radius 2 is 2.03 bits per heavy atom. The first-order valence-corrected chi connectivity index (χ1v) is 9.76. The third kappa shape index (κ3) is 4.83. The van der Waals surface area contributed by atoms with E-state index >= 15 is 0 Å². The van der Waals surface area contributed by atoms with Crippen molar-refractivity contribution in [1.82, 2.24) is 14.9 Å². The van der Waals surface area contributed by atoms with Gasteiger partial charge in [0.15, 0.2) is 5.82 Å². The first-order valence-electron chi connectivity index (χ1n) is 9.76. The number of nitrogens with one attached hydrogen (secondary N) is 1. The summed E-state index contributed by atoms with van der Waals surface area (Å²) in [6.45, 7) is 4.19. The molecule has 7 nitrogen and oxygen atoms in total. The van der Waals surface area contributed by atoms with E-state index in [9.17, 15) is 9.30 Å². The van der Waals surface area contributed by atoms with Gasteiger partial charge in [-0.15, -0.1) is 4.91 Å². The molecule has 29 heavy (non-hydrogen) atoms. The molecule has 0 atom stereocenters. The van der Waals surface area contributed by atoms with Crippen LogP contribution in [0.5, 0.6) is 0 Å². The fourth-order valence-electron chi connectivity index (χ4n) is 3.48. The zero-order valence-corrected chi connectivity index (χ0v) is 16.0. The number of furan rings is 1. The molecule has 0 unspecified atom stereocenters. The number of nitroso groups, excluding NO2 is 1. The van der Waals surface area contributed by atoms with Gasteiger partial charge in [-0.2, -0.15) is 0 Å². The largest absolute Gasteiger partial charge is 0.436 e. The van der Waals surface area contributed by atoms with Crippen molar-refractivity contribution in [3.8, 4) is 0 Å². The fraction of sp³-hybridized carbons (Fsp3) is 0.333. The van der Waals surface area contributed by atoms with Crippen molar-refractivity contribution < 1.29 is 8.81 Å². The molecule has 0 aliphatic carbocycles. The molecule has 0 saturated carbocycles. The minimum absolute atomic E-state index is 0.00603. The normalized spacial score (nSPS) is 14.8. The van der Waals surface area contributed by atoms with Gasteiger partial charge in [0.05, 0.1) is 5.52 Å². The lowest BCUT2D eigenvalue weighted by Gasteiger charge is -2.15. The second-order valence-electron chi connectivity index (χ2n) is 7.02. The van der Waals surface area contributed by atoms with Gasteiger partial charge >= 0.3 is 0 Å². The highest BCUT2D eigenvalue weighted by atomic mass is 19.1. The standard InChI is InChI=1S/C21H22FN5O2/c22-15-4-7-17-18(14-15)24-19(8-5-16-6-9-20(26-28)29-16)25-21(17)23-10-3-13-27-11-1-2-12-27/h4-9,14H,1-3,10-13H2,(H,23,24,25)/b8-5+. The number of hydrogen-bond donors (Lipinski definition) is 1. The number of benzene rings is 1. The van der Waals surface area contributed by atoms with Crippen LogP contribution >= 0.6 is 0 Å². The summed E-state index contributed by atoms with van der Waals surface area (Å²) in [6.07, 6.45) is 6.88. The maximum absolute atomic E-state index is 13.7. The molecule has 1 aliphatic rings. The second-order valence-corrected chi connectivity index (χ2v) is 7.02. The molecule has 2 aromatic heterocycles. The molecule has 3 heterocycles. The molecule has 0 radical (unpaired) electrons. The van der Waals surface area contributed by atoms with Crippen LogP contribution in [-0.2, 0) is 0 Å². The summed E-state index contributed by atoms with van der Waals surface area (Å²) < 4.78 is 18.9. The summed E-state index contributed by atoms with van der Waals surface area (Å²) >= 11 is 0. The minimum Gasteiger partial charge on any atom is -0.436 e. The van der Waals surface area contributed by atoms with E-state index in [1.807, 2.05) is 0 Å². The lowest BCUT2D eigenvalue weighted by atomic mass is 10.2. The van der Waals surface area contributed by atoms with Crippen LogP contribution in [0.4, 0.5) is 16.1 Å². The van der Waals surface area contributed by atoms with E-state index in [-0.39, 0.29) is 11.7 Å². The monoisotopic (exact) mass is 395 g/mol. The molecule has 3 aromatic rings. The van der Waals surface area contributed by atoms with Crippen LogP contribution in [0.1, 0.15) is 30.8 Å². The molecule has 0 amide bonds. The van der Waals surface area contributed by atoms with Crippen molar-refractivity contribution in [1.29, 1.82) is 0 Å². The first kappa shape index (κ1) is 19.2. The smallest absolute Gasteiger partial charge is 0.260 e. The number of fused-ring (bicyclic) bond motifs is 1. The number of halogens is 1. The average molecular weight is 395 g/mol. The summed E-state index contributed by atoms with van der Waals surface area (Å²) in [5, 5.41) is 6.89. The van der Waals surface area contributed by atoms with Gasteiger partial charge in [0.2, 0.25) is 0 Å². The number of likely N-dealkylation sites (tertiary alicyclic amines) is 1. The fourth-order valence-corrected chi connectivity index (χ4v) is 3.48. The Morgan fingerprint density at radius 3 is 2.83 bits per heavy atom. The van der Waals surface area contributed by atoms with Gasteiger partial charge in [-0.3, -0.25) is 0 Å². The zero-order valence-electron chi connectivity index (χ0n) is 16.0. The number of nitrogens with zero attached hydrogens (tertiary/aromatic N) is 4. The number of hydrogen-bond acceptors (Lipinski definition) is 7. The summed E-state index contributed by atoms with van der Waals surface area (Å²) in [7, 11) is 0. The molecule has 1 aromatic carbocycles. The topological polar surface area (TPSA) is 83.6 Å². The van der Waals surface area contributed by atoms with Crippen molar-refractivity contribution in [2.45, 2.75) is 19.3 Å². The third-order valence-corrected chi connectivity index (χ3v) is 4.92. The molecule has 150 valence electrons. The summed E-state index contributed by atoms with van der Waals surface area (Å²) in [5.41, 5.74) is 0.524. The summed E-state index contributed by atoms with van der Waals surface area (Å²) in [6, 6.07) is 7.61. The number of anilines is 1. The van der Waals surface area contributed by atoms with Gasteiger partial charge in [-0.05, 0) is 69.2 Å². The predicted octanol–water partition coefficient (Wildman–Crippen LogP) is 4.83. The Kier molecular flexibility index (Phi) is 5.90. The molecule has 1 saturated heterocycles. The molecule has 1 fully saturated rings. The second kappa shape index (κ2) is 8.91. The average Bonchev–Trinajstić information content (AvgIpc) is 3.41. The van der Waals surface area contributed by atoms with Crippen LogP contribution in [0, 0.1) is 10.7 Å². The van der Waals surface area contributed by atoms with Crippen LogP contribution in [-0.4, -0.2) is 41.0 Å². The van der Waals surface area contributed by atoms with E-state index < -0.39 is 0 Å². The van der Waals surface area contributed by atoms with Crippen molar-refractivity contribution in [3.63, 3.8) is 0 Å². The predicted molar refractivity (Wildman–Crippen MR) is 111 cm³/mol. The Hall–Kier alpha value is -3.13. The zero-order chi connectivity index (χ0) is 20.1. The highest BCUT2D eigenvalue weighted by Gasteiger charge is 2.11. The van der Waals surface area contributed by atoms with Crippen LogP contribution < -0.4 is 5.32 Å². The first-order chi connectivity index (χ1) is 14.2. The summed E-state index contributed by atoms with van der Waals surface area (Å²) in [5.74, 6) is 1.21. The lowest BCUT2D eigenvalue weighted by Crippen LogP contribution is -2.22. The van der Waals surface area contributed by atoms with Gasteiger partial charge in [0.1, 0.15) is 17.4 Å². The maximum atomic E-state index is 13.7. The molecule has 8 heteroatoms. The minimum atomic E-state index is -0.348. The van der Waals surface area contributed by atoms with E-state index in [1.165, 1.54) is 44.1 Å². The molecule has 1 aliphatic heterocycles. The quantitative estimate of drug-likeness (QED) is 0.434.